The van der Waals surface area contributed by atoms with Crippen molar-refractivity contribution in [3.8, 4) is 0 Å². The first kappa shape index (κ1) is 21.9. The third kappa shape index (κ3) is 4.18. The Labute approximate surface area is 192 Å². The van der Waals surface area contributed by atoms with Gasteiger partial charge in [0.05, 0.1) is 23.8 Å². The second kappa shape index (κ2) is 8.43. The largest absolute Gasteiger partial charge is 0.401 e. The molecular weight excluding hydrogens is 485 g/mol. The summed E-state index contributed by atoms with van der Waals surface area (Å²) in [5, 5.41) is 5.72. The van der Waals surface area contributed by atoms with Crippen LogP contribution in [0.4, 0.5) is 13.2 Å². The van der Waals surface area contributed by atoms with Crippen molar-refractivity contribution in [1.29, 1.82) is 0 Å². The lowest BCUT2D eigenvalue weighted by Gasteiger charge is -2.42. The fraction of sp³-hybridized carbons (Fsp3) is 0.478. The molecule has 0 amide bonds. The molecule has 3 atom stereocenters. The van der Waals surface area contributed by atoms with Crippen molar-refractivity contribution >= 4 is 26.8 Å². The number of aromatic nitrogens is 3. The molecule has 5 rings (SSSR count). The first-order valence-corrected chi connectivity index (χ1v) is 11.7. The Bertz CT molecular complexity index is 1110. The van der Waals surface area contributed by atoms with Crippen molar-refractivity contribution in [1.82, 2.24) is 19.7 Å². The maximum Gasteiger partial charge on any atom is 0.401 e. The van der Waals surface area contributed by atoms with E-state index in [1.807, 2.05) is 36.0 Å². The van der Waals surface area contributed by atoms with E-state index in [0.29, 0.717) is 12.1 Å². The predicted molar refractivity (Wildman–Crippen MR) is 118 cm³/mol. The van der Waals surface area contributed by atoms with Crippen LogP contribution < -0.4 is 0 Å². The number of hydrogen-bond acceptors (Lipinski definition) is 4. The van der Waals surface area contributed by atoms with Crippen molar-refractivity contribution in [2.24, 2.45) is 0 Å². The summed E-state index contributed by atoms with van der Waals surface area (Å²) in [6, 6.07) is 6.55. The number of halogens is 4. The second-order valence-corrected chi connectivity index (χ2v) is 9.56. The van der Waals surface area contributed by atoms with Crippen molar-refractivity contribution in [2.45, 2.75) is 57.1 Å². The minimum atomic E-state index is -4.30. The predicted octanol–water partition coefficient (Wildman–Crippen LogP) is 5.79. The van der Waals surface area contributed by atoms with Crippen molar-refractivity contribution in [3.05, 3.63) is 58.0 Å². The van der Waals surface area contributed by atoms with Gasteiger partial charge in [0.1, 0.15) is 6.23 Å². The molecule has 3 aromatic rings. The molecule has 0 radical (unpaired) electrons. The van der Waals surface area contributed by atoms with E-state index >= 15 is 0 Å². The number of hydrogen-bond donors (Lipinski definition) is 0. The highest BCUT2D eigenvalue weighted by Crippen LogP contribution is 2.42. The van der Waals surface area contributed by atoms with Gasteiger partial charge in [-0.2, -0.15) is 18.3 Å². The van der Waals surface area contributed by atoms with Crippen molar-refractivity contribution in [3.63, 3.8) is 0 Å². The third-order valence-electron chi connectivity index (χ3n) is 6.39. The van der Waals surface area contributed by atoms with Crippen LogP contribution >= 0.6 is 15.9 Å². The summed E-state index contributed by atoms with van der Waals surface area (Å²) in [5.74, 6) is 0. The van der Waals surface area contributed by atoms with E-state index in [1.165, 1.54) is 4.90 Å². The number of nitrogens with zero attached hydrogens (tertiary/aromatic N) is 4. The topological polar surface area (TPSA) is 43.2 Å². The van der Waals surface area contributed by atoms with E-state index in [9.17, 15) is 13.2 Å². The molecule has 170 valence electrons. The third-order valence-corrected chi connectivity index (χ3v) is 6.86. The molecule has 4 heterocycles. The molecule has 0 aliphatic carbocycles. The Morgan fingerprint density at radius 1 is 1.19 bits per heavy atom. The molecule has 5 nitrogen and oxygen atoms in total. The van der Waals surface area contributed by atoms with Crippen LogP contribution in [0.1, 0.15) is 55.3 Å². The van der Waals surface area contributed by atoms with E-state index in [2.05, 4.69) is 20.9 Å². The maximum atomic E-state index is 13.5. The van der Waals surface area contributed by atoms with E-state index in [1.54, 1.807) is 12.3 Å². The zero-order valence-electron chi connectivity index (χ0n) is 17.6. The highest BCUT2D eigenvalue weighted by atomic mass is 79.9. The minimum Gasteiger partial charge on any atom is -0.357 e. The Kier molecular flexibility index (Phi) is 5.75. The lowest BCUT2D eigenvalue weighted by atomic mass is 9.85. The number of ether oxygens (including phenoxy) is 1. The van der Waals surface area contributed by atoms with E-state index in [-0.39, 0.29) is 12.3 Å². The second-order valence-electron chi connectivity index (χ2n) is 8.64. The molecule has 3 unspecified atom stereocenters. The normalized spacial score (nSPS) is 24.6. The Morgan fingerprint density at radius 2 is 2.03 bits per heavy atom. The average Bonchev–Trinajstić information content (AvgIpc) is 3.20. The van der Waals surface area contributed by atoms with Crippen LogP contribution in [0.3, 0.4) is 0 Å². The molecule has 1 fully saturated rings. The van der Waals surface area contributed by atoms with Crippen LogP contribution in [0.2, 0.25) is 0 Å². The Morgan fingerprint density at radius 3 is 2.72 bits per heavy atom. The highest BCUT2D eigenvalue weighted by molar-refractivity contribution is 9.10. The standard InChI is InChI=1S/C23H24BrF3N4O/c1-14-10-17-16(6-8-19-18(17)12-31(29-19)21-4-2-3-9-32-21)22(30(14)13-23(25,26)27)20-7-5-15(24)11-28-20/h5-8,11-12,14,21-22H,2-4,9-10,13H2,1H3. The van der Waals surface area contributed by atoms with Gasteiger partial charge >= 0.3 is 6.18 Å². The van der Waals surface area contributed by atoms with Crippen LogP contribution in [0.15, 0.2) is 41.1 Å². The van der Waals surface area contributed by atoms with Crippen LogP contribution in [0, 0.1) is 0 Å². The zero-order chi connectivity index (χ0) is 22.5. The molecule has 32 heavy (non-hydrogen) atoms. The summed E-state index contributed by atoms with van der Waals surface area (Å²) in [6.45, 7) is 1.59. The molecule has 0 bridgehead atoms. The summed E-state index contributed by atoms with van der Waals surface area (Å²) >= 11 is 3.37. The fourth-order valence-electron chi connectivity index (χ4n) is 4.93. The summed E-state index contributed by atoms with van der Waals surface area (Å²) < 4.78 is 49.1. The number of benzene rings is 1. The average molecular weight is 509 g/mol. The summed E-state index contributed by atoms with van der Waals surface area (Å²) in [7, 11) is 0. The molecule has 0 spiro atoms. The molecule has 2 aliphatic heterocycles. The number of alkyl halides is 3. The Hall–Kier alpha value is -1.97. The molecule has 1 aromatic carbocycles. The minimum absolute atomic E-state index is 0.0847. The fourth-order valence-corrected chi connectivity index (χ4v) is 5.16. The molecule has 0 N–H and O–H groups in total. The van der Waals surface area contributed by atoms with Crippen molar-refractivity contribution < 1.29 is 17.9 Å². The molecule has 2 aliphatic rings. The SMILES string of the molecule is CC1Cc2c(ccc3nn(C4CCCCO4)cc23)C(c2ccc(Br)cn2)N1CC(F)(F)F. The van der Waals surface area contributed by atoms with Gasteiger partial charge in [0.25, 0.3) is 0 Å². The number of pyridine rings is 1. The van der Waals surface area contributed by atoms with E-state index in [0.717, 1.165) is 52.4 Å². The molecular formula is C23H24BrF3N4O. The van der Waals surface area contributed by atoms with Crippen molar-refractivity contribution in [2.75, 3.05) is 13.2 Å². The quantitative estimate of drug-likeness (QED) is 0.449. The maximum absolute atomic E-state index is 13.5. The van der Waals surface area contributed by atoms with Gasteiger partial charge in [0.15, 0.2) is 0 Å². The highest BCUT2D eigenvalue weighted by Gasteiger charge is 2.41. The Balaban J connectivity index is 1.62. The smallest absolute Gasteiger partial charge is 0.357 e. The van der Waals surface area contributed by atoms with Crippen LogP contribution in [-0.4, -0.2) is 45.0 Å². The number of fused-ring (bicyclic) bond motifs is 3. The van der Waals surface area contributed by atoms with Gasteiger partial charge in [-0.3, -0.25) is 9.88 Å². The first-order valence-electron chi connectivity index (χ1n) is 10.9. The van der Waals surface area contributed by atoms with Gasteiger partial charge < -0.3 is 4.74 Å². The molecule has 1 saturated heterocycles. The first-order chi connectivity index (χ1) is 15.3. The lowest BCUT2D eigenvalue weighted by molar-refractivity contribution is -0.155. The lowest BCUT2D eigenvalue weighted by Crippen LogP contribution is -2.47. The molecule has 2 aromatic heterocycles. The van der Waals surface area contributed by atoms with Gasteiger partial charge in [-0.1, -0.05) is 6.07 Å². The molecule has 0 saturated carbocycles. The van der Waals surface area contributed by atoms with Gasteiger partial charge in [0.2, 0.25) is 0 Å². The van der Waals surface area contributed by atoms with E-state index < -0.39 is 18.8 Å². The van der Waals surface area contributed by atoms with Gasteiger partial charge in [-0.05, 0) is 77.9 Å². The van der Waals surface area contributed by atoms with Crippen LogP contribution in [-0.2, 0) is 11.2 Å². The van der Waals surface area contributed by atoms with Crippen LogP contribution in [0.5, 0.6) is 0 Å². The summed E-state index contributed by atoms with van der Waals surface area (Å²) in [6.07, 6.45) is 2.84. The van der Waals surface area contributed by atoms with Gasteiger partial charge in [0, 0.05) is 34.9 Å². The number of rotatable bonds is 3. The summed E-state index contributed by atoms with van der Waals surface area (Å²) in [4.78, 5) is 5.99. The van der Waals surface area contributed by atoms with E-state index in [4.69, 9.17) is 9.84 Å². The van der Waals surface area contributed by atoms with Crippen LogP contribution in [0.25, 0.3) is 10.9 Å². The monoisotopic (exact) mass is 508 g/mol. The summed E-state index contributed by atoms with van der Waals surface area (Å²) in [5.41, 5.74) is 3.36. The van der Waals surface area contributed by atoms with Gasteiger partial charge in [-0.15, -0.1) is 0 Å². The molecule has 9 heteroatoms. The van der Waals surface area contributed by atoms with Gasteiger partial charge in [-0.25, -0.2) is 4.68 Å². The zero-order valence-corrected chi connectivity index (χ0v) is 19.2.